The number of urea groups is 1. The van der Waals surface area contributed by atoms with E-state index in [-0.39, 0.29) is 18.5 Å². The Morgan fingerprint density at radius 3 is 2.52 bits per heavy atom. The number of carboxylic acids is 1. The van der Waals surface area contributed by atoms with Crippen LogP contribution in [0.4, 0.5) is 4.79 Å². The molecule has 2 aliphatic rings. The second kappa shape index (κ2) is 6.78. The maximum absolute atomic E-state index is 12.6. The fourth-order valence-electron chi connectivity index (χ4n) is 3.13. The van der Waals surface area contributed by atoms with Gasteiger partial charge in [-0.1, -0.05) is 0 Å². The van der Waals surface area contributed by atoms with Crippen molar-refractivity contribution >= 4 is 17.9 Å². The van der Waals surface area contributed by atoms with Crippen molar-refractivity contribution in [3.63, 3.8) is 0 Å². The van der Waals surface area contributed by atoms with Crippen molar-refractivity contribution < 1.29 is 19.5 Å². The van der Waals surface area contributed by atoms with E-state index in [1.54, 1.807) is 16.8 Å². The standard InChI is InChI=1S/C14H23N3O4/c1-15-12(18)11-6-2-3-8-17(11)14(21)16-7-4-5-10(9-16)13(19)20/h10-11H,2-9H2,1H3,(H,15,18)(H,19,20). The van der Waals surface area contributed by atoms with Crippen LogP contribution in [0.5, 0.6) is 0 Å². The lowest BCUT2D eigenvalue weighted by Crippen LogP contribution is -2.57. The van der Waals surface area contributed by atoms with Crippen LogP contribution in [0.3, 0.4) is 0 Å². The minimum Gasteiger partial charge on any atom is -0.481 e. The molecule has 0 aromatic heterocycles. The molecule has 7 nitrogen and oxygen atoms in total. The van der Waals surface area contributed by atoms with Crippen molar-refractivity contribution in [1.82, 2.24) is 15.1 Å². The highest BCUT2D eigenvalue weighted by Crippen LogP contribution is 2.22. The first kappa shape index (κ1) is 15.6. The first-order valence-corrected chi connectivity index (χ1v) is 7.54. The number of rotatable bonds is 2. The largest absolute Gasteiger partial charge is 0.481 e. The molecule has 2 fully saturated rings. The van der Waals surface area contributed by atoms with Crippen molar-refractivity contribution in [2.75, 3.05) is 26.7 Å². The van der Waals surface area contributed by atoms with E-state index in [1.807, 2.05) is 0 Å². The van der Waals surface area contributed by atoms with E-state index in [0.29, 0.717) is 32.4 Å². The Balaban J connectivity index is 2.06. The van der Waals surface area contributed by atoms with Gasteiger partial charge in [-0.25, -0.2) is 4.79 Å². The fraction of sp³-hybridized carbons (Fsp3) is 0.786. The van der Waals surface area contributed by atoms with Crippen LogP contribution in [0.1, 0.15) is 32.1 Å². The van der Waals surface area contributed by atoms with E-state index >= 15 is 0 Å². The molecule has 0 aromatic carbocycles. The van der Waals surface area contributed by atoms with Crippen LogP contribution in [0.15, 0.2) is 0 Å². The number of carbonyl (C=O) groups excluding carboxylic acids is 2. The van der Waals surface area contributed by atoms with Crippen molar-refractivity contribution in [1.29, 1.82) is 0 Å². The van der Waals surface area contributed by atoms with Gasteiger partial charge in [0.15, 0.2) is 0 Å². The number of amides is 3. The molecule has 0 spiro atoms. The predicted octanol–water partition coefficient (Wildman–Crippen LogP) is 0.504. The van der Waals surface area contributed by atoms with Crippen LogP contribution in [0, 0.1) is 5.92 Å². The topological polar surface area (TPSA) is 90.0 Å². The minimum atomic E-state index is -0.853. The van der Waals surface area contributed by atoms with Gasteiger partial charge in [-0.05, 0) is 32.1 Å². The molecule has 0 aromatic rings. The zero-order chi connectivity index (χ0) is 15.4. The van der Waals surface area contributed by atoms with Gasteiger partial charge < -0.3 is 20.2 Å². The molecular formula is C14H23N3O4. The lowest BCUT2D eigenvalue weighted by atomic mass is 9.98. The van der Waals surface area contributed by atoms with Gasteiger partial charge in [0.25, 0.3) is 0 Å². The number of likely N-dealkylation sites (N-methyl/N-ethyl adjacent to an activating group) is 1. The Bertz CT molecular complexity index is 426. The average Bonchev–Trinajstić information content (AvgIpc) is 2.53. The second-order valence-electron chi connectivity index (χ2n) is 5.73. The molecule has 118 valence electrons. The third-order valence-corrected chi connectivity index (χ3v) is 4.34. The Labute approximate surface area is 124 Å². The molecule has 2 unspecified atom stereocenters. The van der Waals surface area contributed by atoms with E-state index < -0.39 is 17.9 Å². The van der Waals surface area contributed by atoms with Gasteiger partial charge in [-0.2, -0.15) is 0 Å². The number of carbonyl (C=O) groups is 3. The number of nitrogens with one attached hydrogen (secondary N) is 1. The highest BCUT2D eigenvalue weighted by Gasteiger charge is 2.36. The van der Waals surface area contributed by atoms with Gasteiger partial charge in [-0.15, -0.1) is 0 Å². The summed E-state index contributed by atoms with van der Waals surface area (Å²) in [5.41, 5.74) is 0. The Hall–Kier alpha value is -1.79. The highest BCUT2D eigenvalue weighted by molar-refractivity contribution is 5.87. The molecule has 2 saturated heterocycles. The molecule has 2 N–H and O–H groups in total. The Morgan fingerprint density at radius 1 is 1.10 bits per heavy atom. The lowest BCUT2D eigenvalue weighted by Gasteiger charge is -2.40. The summed E-state index contributed by atoms with van der Waals surface area (Å²) in [6, 6.07) is -0.629. The molecule has 7 heteroatoms. The third kappa shape index (κ3) is 3.46. The van der Waals surface area contributed by atoms with Crippen molar-refractivity contribution in [3.05, 3.63) is 0 Å². The Morgan fingerprint density at radius 2 is 1.86 bits per heavy atom. The summed E-state index contributed by atoms with van der Waals surface area (Å²) in [4.78, 5) is 38.8. The van der Waals surface area contributed by atoms with Gasteiger partial charge in [0, 0.05) is 26.7 Å². The summed E-state index contributed by atoms with van der Waals surface area (Å²) in [6.45, 7) is 1.37. The zero-order valence-corrected chi connectivity index (χ0v) is 12.4. The number of likely N-dealkylation sites (tertiary alicyclic amines) is 2. The number of piperidine rings is 2. The van der Waals surface area contributed by atoms with Crippen LogP contribution >= 0.6 is 0 Å². The number of nitrogens with zero attached hydrogens (tertiary/aromatic N) is 2. The summed E-state index contributed by atoms with van der Waals surface area (Å²) in [6.07, 6.45) is 3.79. The number of hydrogen-bond acceptors (Lipinski definition) is 3. The van der Waals surface area contributed by atoms with Gasteiger partial charge in [-0.3, -0.25) is 9.59 Å². The van der Waals surface area contributed by atoms with Crippen LogP contribution in [-0.2, 0) is 9.59 Å². The van der Waals surface area contributed by atoms with Gasteiger partial charge >= 0.3 is 12.0 Å². The molecule has 3 amide bonds. The van der Waals surface area contributed by atoms with E-state index in [0.717, 1.165) is 12.8 Å². The monoisotopic (exact) mass is 297 g/mol. The van der Waals surface area contributed by atoms with E-state index in [1.165, 1.54) is 0 Å². The smallest absolute Gasteiger partial charge is 0.320 e. The van der Waals surface area contributed by atoms with Crippen molar-refractivity contribution in [2.45, 2.75) is 38.1 Å². The summed E-state index contributed by atoms with van der Waals surface area (Å²) in [5, 5.41) is 11.7. The quantitative estimate of drug-likeness (QED) is 0.777. The molecule has 2 heterocycles. The molecule has 21 heavy (non-hydrogen) atoms. The van der Waals surface area contributed by atoms with E-state index in [4.69, 9.17) is 5.11 Å². The van der Waals surface area contributed by atoms with Crippen LogP contribution in [-0.4, -0.2) is 65.5 Å². The van der Waals surface area contributed by atoms with Crippen LogP contribution < -0.4 is 5.32 Å². The number of carboxylic acid groups (broad SMARTS) is 1. The first-order valence-electron chi connectivity index (χ1n) is 7.54. The van der Waals surface area contributed by atoms with Gasteiger partial charge in [0.2, 0.25) is 5.91 Å². The summed E-state index contributed by atoms with van der Waals surface area (Å²) >= 11 is 0. The molecular weight excluding hydrogens is 274 g/mol. The number of hydrogen-bond donors (Lipinski definition) is 2. The van der Waals surface area contributed by atoms with Crippen LogP contribution in [0.25, 0.3) is 0 Å². The first-order chi connectivity index (χ1) is 10.0. The molecule has 0 bridgehead atoms. The third-order valence-electron chi connectivity index (χ3n) is 4.34. The molecule has 2 aliphatic heterocycles. The predicted molar refractivity (Wildman–Crippen MR) is 75.7 cm³/mol. The SMILES string of the molecule is CNC(=O)C1CCCCN1C(=O)N1CCCC(C(=O)O)C1. The van der Waals surface area contributed by atoms with E-state index in [9.17, 15) is 14.4 Å². The summed E-state index contributed by atoms with van der Waals surface area (Å²) in [5.74, 6) is -1.49. The maximum atomic E-state index is 12.6. The lowest BCUT2D eigenvalue weighted by molar-refractivity contribution is -0.143. The number of aliphatic carboxylic acids is 1. The van der Waals surface area contributed by atoms with Crippen molar-refractivity contribution in [3.8, 4) is 0 Å². The second-order valence-corrected chi connectivity index (χ2v) is 5.73. The highest BCUT2D eigenvalue weighted by atomic mass is 16.4. The summed E-state index contributed by atoms with van der Waals surface area (Å²) in [7, 11) is 1.57. The van der Waals surface area contributed by atoms with Crippen molar-refractivity contribution in [2.24, 2.45) is 5.92 Å². The van der Waals surface area contributed by atoms with Crippen LogP contribution in [0.2, 0.25) is 0 Å². The minimum absolute atomic E-state index is 0.144. The molecule has 0 saturated carbocycles. The molecule has 0 aliphatic carbocycles. The van der Waals surface area contributed by atoms with Gasteiger partial charge in [0.05, 0.1) is 5.92 Å². The van der Waals surface area contributed by atoms with E-state index in [2.05, 4.69) is 5.32 Å². The molecule has 0 radical (unpaired) electrons. The average molecular weight is 297 g/mol. The zero-order valence-electron chi connectivity index (χ0n) is 12.4. The fourth-order valence-corrected chi connectivity index (χ4v) is 3.13. The summed E-state index contributed by atoms with van der Waals surface area (Å²) < 4.78 is 0. The van der Waals surface area contributed by atoms with Gasteiger partial charge in [0.1, 0.15) is 6.04 Å². The molecule has 2 rings (SSSR count). The molecule has 2 atom stereocenters. The maximum Gasteiger partial charge on any atom is 0.320 e. The Kier molecular flexibility index (Phi) is 5.03. The normalized spacial score (nSPS) is 26.3.